The molecule has 0 aliphatic carbocycles. The fourth-order valence-corrected chi connectivity index (χ4v) is 2.65. The number of thioether (sulfide) groups is 1. The largest absolute Gasteiger partial charge is 0.364 e. The highest BCUT2D eigenvalue weighted by Crippen LogP contribution is 2.62. The maximum Gasteiger partial charge on any atom is 0.364 e. The summed E-state index contributed by atoms with van der Waals surface area (Å²) in [5.41, 5.74) is -1.85. The normalized spacial score (nSPS) is 20.1. The van der Waals surface area contributed by atoms with Gasteiger partial charge in [-0.25, -0.2) is 0 Å². The first-order chi connectivity index (χ1) is 7.67. The van der Waals surface area contributed by atoms with Gasteiger partial charge in [0.15, 0.2) is 0 Å². The summed E-state index contributed by atoms with van der Waals surface area (Å²) in [5, 5.41) is 5.60. The van der Waals surface area contributed by atoms with E-state index in [4.69, 9.17) is 11.6 Å². The van der Waals surface area contributed by atoms with Crippen LogP contribution in [0.3, 0.4) is 0 Å². The summed E-state index contributed by atoms with van der Waals surface area (Å²) in [7, 11) is 0. The van der Waals surface area contributed by atoms with Crippen molar-refractivity contribution in [3.63, 3.8) is 0 Å². The summed E-state index contributed by atoms with van der Waals surface area (Å²) in [6.07, 6.45) is 0. The smallest absolute Gasteiger partial charge is 0.258 e. The molecular formula is C8H2ClF4NO2S. The molecule has 1 aliphatic heterocycles. The second-order valence-electron chi connectivity index (χ2n) is 3.25. The Kier molecular flexibility index (Phi) is 2.55. The fourth-order valence-electron chi connectivity index (χ4n) is 1.37. The van der Waals surface area contributed by atoms with E-state index in [2.05, 4.69) is 0 Å². The standard InChI is InChI=1S/C8H2ClF4NO2S/c9-5-2-3(14(15)16)1-4-6(5)17-8(12,13)7(4,10)11/h1-2H. The number of hydrogen-bond acceptors (Lipinski definition) is 3. The van der Waals surface area contributed by atoms with Crippen LogP contribution in [0.1, 0.15) is 5.56 Å². The second kappa shape index (κ2) is 3.49. The number of non-ortho nitro benzene ring substituents is 1. The molecule has 92 valence electrons. The van der Waals surface area contributed by atoms with Crippen molar-refractivity contribution in [1.82, 2.24) is 0 Å². The predicted octanol–water partition coefficient (Wildman–Crippen LogP) is 4.04. The van der Waals surface area contributed by atoms with Crippen LogP contribution in [-0.4, -0.2) is 10.2 Å². The van der Waals surface area contributed by atoms with E-state index in [0.29, 0.717) is 6.07 Å². The Bertz CT molecular complexity index is 522. The van der Waals surface area contributed by atoms with Crippen molar-refractivity contribution in [2.24, 2.45) is 0 Å². The molecule has 0 fully saturated rings. The van der Waals surface area contributed by atoms with Crippen LogP contribution in [0.25, 0.3) is 0 Å². The summed E-state index contributed by atoms with van der Waals surface area (Å²) in [6.45, 7) is 0. The van der Waals surface area contributed by atoms with Crippen molar-refractivity contribution in [2.75, 3.05) is 0 Å². The number of hydrogen-bond donors (Lipinski definition) is 0. The zero-order chi connectivity index (χ0) is 13.0. The molecule has 2 rings (SSSR count). The number of rotatable bonds is 1. The van der Waals surface area contributed by atoms with Gasteiger partial charge in [-0.3, -0.25) is 10.1 Å². The van der Waals surface area contributed by atoms with E-state index in [-0.39, 0.29) is 0 Å². The van der Waals surface area contributed by atoms with Crippen LogP contribution < -0.4 is 0 Å². The SMILES string of the molecule is O=[N+]([O-])c1cc(Cl)c2c(c1)C(F)(F)C(F)(F)S2. The third-order valence-corrected chi connectivity index (χ3v) is 3.74. The van der Waals surface area contributed by atoms with Crippen molar-refractivity contribution >= 4 is 29.1 Å². The van der Waals surface area contributed by atoms with E-state index in [0.717, 1.165) is 6.07 Å². The highest BCUT2D eigenvalue weighted by molar-refractivity contribution is 8.00. The lowest BCUT2D eigenvalue weighted by Gasteiger charge is -2.17. The number of nitro groups is 1. The van der Waals surface area contributed by atoms with E-state index in [1.807, 2.05) is 0 Å². The summed E-state index contributed by atoms with van der Waals surface area (Å²) in [4.78, 5) is 8.94. The van der Waals surface area contributed by atoms with Crippen LogP contribution in [-0.2, 0) is 5.92 Å². The zero-order valence-corrected chi connectivity index (χ0v) is 9.29. The lowest BCUT2D eigenvalue weighted by Crippen LogP contribution is -2.29. The van der Waals surface area contributed by atoms with Crippen molar-refractivity contribution in [3.05, 3.63) is 32.8 Å². The summed E-state index contributed by atoms with van der Waals surface area (Å²) in [5.74, 6) is -4.47. The molecule has 0 atom stereocenters. The van der Waals surface area contributed by atoms with Gasteiger partial charge in [-0.15, -0.1) is 0 Å². The molecule has 9 heteroatoms. The van der Waals surface area contributed by atoms with Crippen LogP contribution in [0.15, 0.2) is 17.0 Å². The zero-order valence-electron chi connectivity index (χ0n) is 7.72. The number of alkyl halides is 4. The molecule has 0 saturated carbocycles. The first-order valence-corrected chi connectivity index (χ1v) is 5.29. The van der Waals surface area contributed by atoms with Gasteiger partial charge < -0.3 is 0 Å². The highest BCUT2D eigenvalue weighted by atomic mass is 35.5. The van der Waals surface area contributed by atoms with Crippen LogP contribution in [0.2, 0.25) is 5.02 Å². The minimum atomic E-state index is -4.47. The van der Waals surface area contributed by atoms with Gasteiger partial charge in [0.1, 0.15) is 0 Å². The average Bonchev–Trinajstić information content (AvgIpc) is 2.36. The first kappa shape index (κ1) is 12.4. The summed E-state index contributed by atoms with van der Waals surface area (Å²) < 4.78 is 52.6. The van der Waals surface area contributed by atoms with Gasteiger partial charge in [0.05, 0.1) is 15.5 Å². The van der Waals surface area contributed by atoms with Crippen LogP contribution in [0.5, 0.6) is 0 Å². The van der Waals surface area contributed by atoms with E-state index >= 15 is 0 Å². The Morgan fingerprint density at radius 3 is 2.41 bits per heavy atom. The molecule has 1 aromatic carbocycles. The first-order valence-electron chi connectivity index (χ1n) is 4.10. The Labute approximate surface area is 101 Å². The molecule has 0 N–H and O–H groups in total. The van der Waals surface area contributed by atoms with E-state index in [1.165, 1.54) is 0 Å². The molecule has 0 spiro atoms. The maximum absolute atomic E-state index is 13.3. The molecule has 1 aliphatic rings. The minimum Gasteiger partial charge on any atom is -0.258 e. The Morgan fingerprint density at radius 2 is 1.88 bits per heavy atom. The van der Waals surface area contributed by atoms with E-state index in [1.54, 1.807) is 0 Å². The van der Waals surface area contributed by atoms with Gasteiger partial charge in [-0.1, -0.05) is 11.6 Å². The van der Waals surface area contributed by atoms with Gasteiger partial charge >= 0.3 is 11.2 Å². The van der Waals surface area contributed by atoms with Gasteiger partial charge in [-0.05, 0) is 11.8 Å². The highest BCUT2D eigenvalue weighted by Gasteiger charge is 2.65. The van der Waals surface area contributed by atoms with Gasteiger partial charge in [0.2, 0.25) is 0 Å². The van der Waals surface area contributed by atoms with Gasteiger partial charge in [0, 0.05) is 17.0 Å². The molecule has 0 bridgehead atoms. The molecule has 0 unspecified atom stereocenters. The van der Waals surface area contributed by atoms with E-state index in [9.17, 15) is 27.7 Å². The molecule has 1 aromatic rings. The van der Waals surface area contributed by atoms with Crippen molar-refractivity contribution in [2.45, 2.75) is 16.1 Å². The third kappa shape index (κ3) is 1.66. The second-order valence-corrected chi connectivity index (χ2v) is 4.79. The third-order valence-electron chi connectivity index (χ3n) is 2.17. The monoisotopic (exact) mass is 287 g/mol. The molecular weight excluding hydrogens is 286 g/mol. The molecule has 1 heterocycles. The number of nitrogens with zero attached hydrogens (tertiary/aromatic N) is 1. The molecule has 0 amide bonds. The molecule has 0 aromatic heterocycles. The molecule has 3 nitrogen and oxygen atoms in total. The van der Waals surface area contributed by atoms with Crippen molar-refractivity contribution < 1.29 is 22.5 Å². The quantitative estimate of drug-likeness (QED) is 0.445. The topological polar surface area (TPSA) is 43.1 Å². The van der Waals surface area contributed by atoms with Gasteiger partial charge in [-0.2, -0.15) is 17.6 Å². The van der Waals surface area contributed by atoms with Crippen LogP contribution >= 0.6 is 23.4 Å². The van der Waals surface area contributed by atoms with Crippen molar-refractivity contribution in [3.8, 4) is 0 Å². The predicted molar refractivity (Wildman–Crippen MR) is 52.8 cm³/mol. The fraction of sp³-hybridized carbons (Fsp3) is 0.250. The summed E-state index contributed by atoms with van der Waals surface area (Å²) >= 11 is 5.09. The number of nitro benzene ring substituents is 1. The van der Waals surface area contributed by atoms with Crippen LogP contribution in [0, 0.1) is 10.1 Å². The van der Waals surface area contributed by atoms with Crippen molar-refractivity contribution in [1.29, 1.82) is 0 Å². The molecule has 0 radical (unpaired) electrons. The van der Waals surface area contributed by atoms with Crippen LogP contribution in [0.4, 0.5) is 23.2 Å². The Morgan fingerprint density at radius 1 is 1.29 bits per heavy atom. The Balaban J connectivity index is 2.69. The van der Waals surface area contributed by atoms with E-state index < -0.39 is 49.0 Å². The molecule has 17 heavy (non-hydrogen) atoms. The lowest BCUT2D eigenvalue weighted by molar-refractivity contribution is -0.385. The average molecular weight is 288 g/mol. The number of fused-ring (bicyclic) bond motifs is 1. The Hall–Kier alpha value is -1.02. The summed E-state index contributed by atoms with van der Waals surface area (Å²) in [6, 6.07) is 1.19. The minimum absolute atomic E-state index is 0.391. The van der Waals surface area contributed by atoms with Gasteiger partial charge in [0.25, 0.3) is 5.69 Å². The lowest BCUT2D eigenvalue weighted by atomic mass is 10.1. The number of benzene rings is 1. The maximum atomic E-state index is 13.3. The molecule has 0 saturated heterocycles. The number of halogens is 5.